The van der Waals surface area contributed by atoms with Gasteiger partial charge in [-0.15, -0.1) is 0 Å². The van der Waals surface area contributed by atoms with E-state index in [1.807, 2.05) is 0 Å². The topological polar surface area (TPSA) is 9.23 Å². The fraction of sp³-hybridized carbons (Fsp3) is 0.286. The van der Waals surface area contributed by atoms with Crippen molar-refractivity contribution < 1.29 is 4.43 Å². The Balaban J connectivity index is 1.96. The van der Waals surface area contributed by atoms with Crippen LogP contribution in [-0.2, 0) is 11.0 Å². The third kappa shape index (κ3) is 5.00. The van der Waals surface area contributed by atoms with Crippen molar-refractivity contribution in [2.45, 2.75) is 46.3 Å². The Hall–Kier alpha value is -2.42. The lowest BCUT2D eigenvalue weighted by atomic mass is 10.1. The van der Waals surface area contributed by atoms with Crippen LogP contribution in [0.3, 0.4) is 0 Å². The lowest BCUT2D eigenvalue weighted by Gasteiger charge is -2.43. The third-order valence-corrected chi connectivity index (χ3v) is 10.5. The fourth-order valence-corrected chi connectivity index (χ4v) is 8.52. The molecule has 0 heterocycles. The molecule has 0 amide bonds. The molecule has 0 saturated heterocycles. The molecule has 0 saturated carbocycles. The molecule has 0 spiro atoms. The van der Waals surface area contributed by atoms with E-state index in [1.54, 1.807) is 0 Å². The van der Waals surface area contributed by atoms with E-state index in [0.29, 0.717) is 12.5 Å². The quantitative estimate of drug-likeness (QED) is 0.405. The summed E-state index contributed by atoms with van der Waals surface area (Å²) in [6.45, 7) is 12.0. The maximum absolute atomic E-state index is 7.01. The maximum Gasteiger partial charge on any atom is 0.261 e. The summed E-state index contributed by atoms with van der Waals surface area (Å²) in [7, 11) is -2.49. The molecule has 0 aliphatic heterocycles. The molecule has 3 aromatic rings. The smallest absolute Gasteiger partial charge is 0.261 e. The second-order valence-electron chi connectivity index (χ2n) is 9.30. The van der Waals surface area contributed by atoms with Crippen molar-refractivity contribution >= 4 is 24.8 Å². The van der Waals surface area contributed by atoms with Crippen LogP contribution < -0.4 is 10.4 Å². The fourth-order valence-electron chi connectivity index (χ4n) is 3.98. The zero-order valence-corrected chi connectivity index (χ0v) is 19.9. The van der Waals surface area contributed by atoms with E-state index in [2.05, 4.69) is 132 Å². The molecule has 1 nitrogen and oxygen atoms in total. The van der Waals surface area contributed by atoms with Gasteiger partial charge in [-0.1, -0.05) is 132 Å². The highest BCUT2D eigenvalue weighted by atomic mass is 28.4. The highest BCUT2D eigenvalue weighted by Gasteiger charge is 2.50. The summed E-state index contributed by atoms with van der Waals surface area (Å²) in [6, 6.07) is 30.4. The first-order valence-corrected chi connectivity index (χ1v) is 12.8. The second kappa shape index (κ2) is 9.59. The van der Waals surface area contributed by atoms with Gasteiger partial charge in [-0.05, 0) is 32.5 Å². The van der Waals surface area contributed by atoms with E-state index in [-0.39, 0.29) is 5.04 Å². The third-order valence-electron chi connectivity index (χ3n) is 5.53. The second-order valence-corrected chi connectivity index (χ2v) is 13.6. The normalized spacial score (nSPS) is 12.6. The van der Waals surface area contributed by atoms with Crippen molar-refractivity contribution in [1.29, 1.82) is 0 Å². The SMILES string of the molecule is CC(C)/C=C/c1ccc(CO[Si](c2ccccc2)(c2ccccc2)C(C)(C)C)cc1. The van der Waals surface area contributed by atoms with Crippen LogP contribution in [0, 0.1) is 5.92 Å². The first-order chi connectivity index (χ1) is 14.3. The van der Waals surface area contributed by atoms with Gasteiger partial charge in [0.25, 0.3) is 8.32 Å². The van der Waals surface area contributed by atoms with E-state index in [4.69, 9.17) is 4.43 Å². The molecule has 0 aliphatic carbocycles. The Labute approximate surface area is 183 Å². The average molecular weight is 415 g/mol. The minimum Gasteiger partial charge on any atom is -0.403 e. The molecule has 156 valence electrons. The Kier molecular flexibility index (Phi) is 7.12. The van der Waals surface area contributed by atoms with Crippen molar-refractivity contribution in [3.05, 3.63) is 102 Å². The van der Waals surface area contributed by atoms with Crippen LogP contribution in [0.1, 0.15) is 45.7 Å². The van der Waals surface area contributed by atoms with Gasteiger partial charge in [0.1, 0.15) is 0 Å². The van der Waals surface area contributed by atoms with Crippen LogP contribution in [0.15, 0.2) is 91.0 Å². The summed E-state index contributed by atoms with van der Waals surface area (Å²) in [5.41, 5.74) is 2.45. The molecule has 0 atom stereocenters. The summed E-state index contributed by atoms with van der Waals surface area (Å²) >= 11 is 0. The van der Waals surface area contributed by atoms with Crippen molar-refractivity contribution in [3.8, 4) is 0 Å². The molecular weight excluding hydrogens is 380 g/mol. The summed E-state index contributed by atoms with van der Waals surface area (Å²) in [4.78, 5) is 0. The molecule has 0 fully saturated rings. The molecule has 0 bridgehead atoms. The minimum absolute atomic E-state index is 0.00432. The monoisotopic (exact) mass is 414 g/mol. The zero-order valence-electron chi connectivity index (χ0n) is 18.9. The molecule has 30 heavy (non-hydrogen) atoms. The summed E-state index contributed by atoms with van der Waals surface area (Å²) in [6.07, 6.45) is 4.42. The van der Waals surface area contributed by atoms with Crippen molar-refractivity contribution in [1.82, 2.24) is 0 Å². The van der Waals surface area contributed by atoms with E-state index >= 15 is 0 Å². The van der Waals surface area contributed by atoms with Gasteiger partial charge < -0.3 is 4.43 Å². The number of hydrogen-bond donors (Lipinski definition) is 0. The van der Waals surface area contributed by atoms with Crippen LogP contribution in [-0.4, -0.2) is 8.32 Å². The van der Waals surface area contributed by atoms with Crippen molar-refractivity contribution in [2.75, 3.05) is 0 Å². The van der Waals surface area contributed by atoms with E-state index in [0.717, 1.165) is 0 Å². The molecule has 3 aromatic carbocycles. The van der Waals surface area contributed by atoms with Gasteiger partial charge in [0, 0.05) is 0 Å². The largest absolute Gasteiger partial charge is 0.403 e. The van der Waals surface area contributed by atoms with Crippen molar-refractivity contribution in [2.24, 2.45) is 5.92 Å². The van der Waals surface area contributed by atoms with Crippen LogP contribution in [0.4, 0.5) is 0 Å². The van der Waals surface area contributed by atoms with E-state index < -0.39 is 8.32 Å². The predicted molar refractivity (Wildman–Crippen MR) is 133 cm³/mol. The average Bonchev–Trinajstić information content (AvgIpc) is 2.74. The van der Waals surface area contributed by atoms with Gasteiger partial charge in [0.05, 0.1) is 6.61 Å². The first kappa shape index (κ1) is 22.3. The first-order valence-electron chi connectivity index (χ1n) is 10.8. The van der Waals surface area contributed by atoms with Gasteiger partial charge >= 0.3 is 0 Å². The van der Waals surface area contributed by atoms with Gasteiger partial charge in [0.15, 0.2) is 0 Å². The Bertz CT molecular complexity index is 896. The van der Waals surface area contributed by atoms with Gasteiger partial charge in [0.2, 0.25) is 0 Å². The summed E-state index contributed by atoms with van der Waals surface area (Å²) < 4.78 is 7.01. The summed E-state index contributed by atoms with van der Waals surface area (Å²) in [5.74, 6) is 0.558. The molecule has 0 N–H and O–H groups in total. The van der Waals surface area contributed by atoms with Crippen molar-refractivity contribution in [3.63, 3.8) is 0 Å². The number of hydrogen-bond acceptors (Lipinski definition) is 1. The van der Waals surface area contributed by atoms with Crippen LogP contribution in [0.25, 0.3) is 6.08 Å². The van der Waals surface area contributed by atoms with E-state index in [9.17, 15) is 0 Å². The molecule has 0 radical (unpaired) electrons. The molecule has 0 unspecified atom stereocenters. The maximum atomic E-state index is 7.01. The number of rotatable bonds is 7. The zero-order chi connectivity index (χ0) is 21.6. The van der Waals surface area contributed by atoms with Crippen LogP contribution in [0.2, 0.25) is 5.04 Å². The van der Waals surface area contributed by atoms with Gasteiger partial charge in [-0.3, -0.25) is 0 Å². The lowest BCUT2D eigenvalue weighted by Crippen LogP contribution is -2.66. The predicted octanol–water partition coefficient (Wildman–Crippen LogP) is 6.43. The Morgan fingerprint density at radius 3 is 1.70 bits per heavy atom. The molecule has 2 heteroatoms. The van der Waals surface area contributed by atoms with Crippen LogP contribution in [0.5, 0.6) is 0 Å². The standard InChI is InChI=1S/C28H34OSi/c1-23(2)16-17-24-18-20-25(21-19-24)22-29-30(28(3,4)5,26-12-8-6-9-13-26)27-14-10-7-11-15-27/h6-21,23H,22H2,1-5H3/b17-16+. The molecule has 3 rings (SSSR count). The number of benzene rings is 3. The van der Waals surface area contributed by atoms with Gasteiger partial charge in [-0.25, -0.2) is 0 Å². The lowest BCUT2D eigenvalue weighted by molar-refractivity contribution is 0.286. The van der Waals surface area contributed by atoms with E-state index in [1.165, 1.54) is 21.5 Å². The highest BCUT2D eigenvalue weighted by molar-refractivity contribution is 6.99. The molecule has 0 aromatic heterocycles. The number of allylic oxidation sites excluding steroid dienone is 1. The van der Waals surface area contributed by atoms with Gasteiger partial charge in [-0.2, -0.15) is 0 Å². The summed E-state index contributed by atoms with van der Waals surface area (Å²) in [5, 5.41) is 2.63. The Morgan fingerprint density at radius 1 is 0.767 bits per heavy atom. The van der Waals surface area contributed by atoms with Crippen LogP contribution >= 0.6 is 0 Å². The Morgan fingerprint density at radius 2 is 1.27 bits per heavy atom. The minimum atomic E-state index is -2.49. The molecule has 0 aliphatic rings. The highest BCUT2D eigenvalue weighted by Crippen LogP contribution is 2.37. The molecular formula is C28H34OSi.